The first-order valence-electron chi connectivity index (χ1n) is 10.4. The summed E-state index contributed by atoms with van der Waals surface area (Å²) in [5.41, 5.74) is 1.93. The standard InChI is InChI=1S/C22H29N3OS/c1-27-7-6-19(20-23-17-4-2-3-5-18(17)24-20)25-21(26)22-11-14-8-15(12-22)10-16(9-14)13-22/h2-5,14-16,19H,6-13H2,1H3,(H,23,24)(H,25,26)/t14?,15?,16?,19-,22?/m1/s1. The predicted octanol–water partition coefficient (Wildman–Crippen LogP) is 4.69. The minimum absolute atomic E-state index is 0.0228. The van der Waals surface area contributed by atoms with E-state index in [0.29, 0.717) is 5.91 Å². The van der Waals surface area contributed by atoms with Crippen molar-refractivity contribution in [3.63, 3.8) is 0 Å². The van der Waals surface area contributed by atoms with E-state index in [1.54, 1.807) is 0 Å². The van der Waals surface area contributed by atoms with Gasteiger partial charge in [0.15, 0.2) is 0 Å². The van der Waals surface area contributed by atoms with Crippen molar-refractivity contribution in [3.05, 3.63) is 30.1 Å². The Morgan fingerprint density at radius 3 is 2.52 bits per heavy atom. The molecule has 144 valence electrons. The van der Waals surface area contributed by atoms with Gasteiger partial charge >= 0.3 is 0 Å². The van der Waals surface area contributed by atoms with Crippen molar-refractivity contribution >= 4 is 28.7 Å². The number of rotatable bonds is 6. The number of nitrogens with zero attached hydrogens (tertiary/aromatic N) is 1. The van der Waals surface area contributed by atoms with E-state index in [0.717, 1.165) is 66.0 Å². The molecular formula is C22H29N3OS. The van der Waals surface area contributed by atoms with Crippen LogP contribution >= 0.6 is 11.8 Å². The summed E-state index contributed by atoms with van der Waals surface area (Å²) in [6.45, 7) is 0. The highest BCUT2D eigenvalue weighted by atomic mass is 32.2. The third kappa shape index (κ3) is 3.18. The van der Waals surface area contributed by atoms with Crippen molar-refractivity contribution in [1.29, 1.82) is 0 Å². The van der Waals surface area contributed by atoms with E-state index in [4.69, 9.17) is 4.98 Å². The van der Waals surface area contributed by atoms with Crippen molar-refractivity contribution in [1.82, 2.24) is 15.3 Å². The highest BCUT2D eigenvalue weighted by Crippen LogP contribution is 2.60. The maximum Gasteiger partial charge on any atom is 0.226 e. The molecule has 6 rings (SSSR count). The van der Waals surface area contributed by atoms with Gasteiger partial charge in [-0.2, -0.15) is 11.8 Å². The second-order valence-corrected chi connectivity index (χ2v) is 10.1. The Morgan fingerprint density at radius 2 is 1.89 bits per heavy atom. The van der Waals surface area contributed by atoms with Gasteiger partial charge in [-0.15, -0.1) is 0 Å². The van der Waals surface area contributed by atoms with Crippen LogP contribution in [0.15, 0.2) is 24.3 Å². The molecule has 0 aliphatic heterocycles. The van der Waals surface area contributed by atoms with E-state index >= 15 is 0 Å². The Morgan fingerprint density at radius 1 is 1.22 bits per heavy atom. The second kappa shape index (κ2) is 6.84. The molecule has 4 saturated carbocycles. The quantitative estimate of drug-likeness (QED) is 0.761. The van der Waals surface area contributed by atoms with E-state index in [9.17, 15) is 4.79 Å². The number of aromatic amines is 1. The molecule has 0 saturated heterocycles. The maximum atomic E-state index is 13.5. The lowest BCUT2D eigenvalue weighted by Gasteiger charge is -2.55. The summed E-state index contributed by atoms with van der Waals surface area (Å²) in [5, 5.41) is 3.44. The molecule has 0 radical (unpaired) electrons. The Bertz CT molecular complexity index is 777. The molecule has 27 heavy (non-hydrogen) atoms. The summed E-state index contributed by atoms with van der Waals surface area (Å²) in [5.74, 6) is 4.59. The van der Waals surface area contributed by atoms with Gasteiger partial charge < -0.3 is 10.3 Å². The number of para-hydroxylation sites is 2. The van der Waals surface area contributed by atoms with Crippen LogP contribution in [0.4, 0.5) is 0 Å². The molecule has 1 aromatic heterocycles. The molecule has 4 aliphatic carbocycles. The Kier molecular flexibility index (Phi) is 4.46. The zero-order valence-corrected chi connectivity index (χ0v) is 16.9. The summed E-state index contributed by atoms with van der Waals surface area (Å²) >= 11 is 1.83. The van der Waals surface area contributed by atoms with E-state index < -0.39 is 0 Å². The first-order valence-corrected chi connectivity index (χ1v) is 11.8. The van der Waals surface area contributed by atoms with E-state index in [1.165, 1.54) is 19.3 Å². The fraction of sp³-hybridized carbons (Fsp3) is 0.636. The Labute approximate surface area is 165 Å². The molecule has 0 spiro atoms. The van der Waals surface area contributed by atoms with Gasteiger partial charge in [-0.3, -0.25) is 4.79 Å². The third-order valence-electron chi connectivity index (χ3n) is 7.17. The number of carbonyl (C=O) groups is 1. The molecule has 2 aromatic rings. The van der Waals surface area contributed by atoms with Gasteiger partial charge in [-0.1, -0.05) is 12.1 Å². The molecule has 1 atom stereocenters. The number of benzene rings is 1. The smallest absolute Gasteiger partial charge is 0.226 e. The minimum atomic E-state index is -0.0988. The summed E-state index contributed by atoms with van der Waals surface area (Å²) < 4.78 is 0. The number of hydrogen-bond acceptors (Lipinski definition) is 3. The Balaban J connectivity index is 1.39. The molecule has 1 amide bonds. The minimum Gasteiger partial charge on any atom is -0.346 e. The first kappa shape index (κ1) is 17.6. The van der Waals surface area contributed by atoms with Crippen LogP contribution in [-0.2, 0) is 4.79 Å². The topological polar surface area (TPSA) is 57.8 Å². The third-order valence-corrected chi connectivity index (χ3v) is 7.82. The number of hydrogen-bond donors (Lipinski definition) is 2. The van der Waals surface area contributed by atoms with E-state index in [2.05, 4.69) is 22.6 Å². The Hall–Kier alpha value is -1.49. The fourth-order valence-electron chi connectivity index (χ4n) is 6.35. The lowest BCUT2D eigenvalue weighted by molar-refractivity contribution is -0.147. The molecule has 1 aromatic carbocycles. The number of fused-ring (bicyclic) bond motifs is 1. The van der Waals surface area contributed by atoms with Crippen LogP contribution in [0.3, 0.4) is 0 Å². The number of imidazole rings is 1. The van der Waals surface area contributed by atoms with Crippen LogP contribution in [0.2, 0.25) is 0 Å². The van der Waals surface area contributed by atoms with Crippen LogP contribution in [0.25, 0.3) is 11.0 Å². The second-order valence-electron chi connectivity index (χ2n) is 9.14. The number of amides is 1. The van der Waals surface area contributed by atoms with Gasteiger partial charge in [0.2, 0.25) is 5.91 Å². The monoisotopic (exact) mass is 383 g/mol. The number of aromatic nitrogens is 2. The van der Waals surface area contributed by atoms with Gasteiger partial charge in [-0.05, 0) is 86.8 Å². The van der Waals surface area contributed by atoms with Crippen molar-refractivity contribution in [2.75, 3.05) is 12.0 Å². The molecule has 5 heteroatoms. The lowest BCUT2D eigenvalue weighted by atomic mass is 9.49. The average Bonchev–Trinajstić information content (AvgIpc) is 3.08. The van der Waals surface area contributed by atoms with Crippen molar-refractivity contribution in [2.45, 2.75) is 51.0 Å². The number of carbonyl (C=O) groups excluding carboxylic acids is 1. The van der Waals surface area contributed by atoms with E-state index in [1.807, 2.05) is 30.0 Å². The molecule has 4 bridgehead atoms. The summed E-state index contributed by atoms with van der Waals surface area (Å²) in [4.78, 5) is 21.7. The van der Waals surface area contributed by atoms with Gasteiger partial charge in [-0.25, -0.2) is 4.98 Å². The zero-order valence-electron chi connectivity index (χ0n) is 16.0. The highest BCUT2D eigenvalue weighted by molar-refractivity contribution is 7.98. The summed E-state index contributed by atoms with van der Waals surface area (Å²) in [7, 11) is 0. The average molecular weight is 384 g/mol. The van der Waals surface area contributed by atoms with Crippen molar-refractivity contribution in [2.24, 2.45) is 23.2 Å². The molecular weight excluding hydrogens is 354 g/mol. The normalized spacial score (nSPS) is 32.7. The molecule has 0 unspecified atom stereocenters. The van der Waals surface area contributed by atoms with Gasteiger partial charge in [0.05, 0.1) is 17.1 Å². The van der Waals surface area contributed by atoms with Gasteiger partial charge in [0, 0.05) is 5.41 Å². The molecule has 4 fully saturated rings. The van der Waals surface area contributed by atoms with Crippen molar-refractivity contribution < 1.29 is 4.79 Å². The molecule has 2 N–H and O–H groups in total. The lowest BCUT2D eigenvalue weighted by Crippen LogP contribution is -2.54. The largest absolute Gasteiger partial charge is 0.346 e. The number of nitrogens with one attached hydrogen (secondary N) is 2. The number of thioether (sulfide) groups is 1. The van der Waals surface area contributed by atoms with E-state index in [-0.39, 0.29) is 11.5 Å². The summed E-state index contributed by atoms with van der Waals surface area (Å²) in [6.07, 6.45) is 10.5. The zero-order chi connectivity index (χ0) is 18.4. The van der Waals surface area contributed by atoms with Crippen LogP contribution < -0.4 is 5.32 Å². The highest BCUT2D eigenvalue weighted by Gasteiger charge is 2.54. The van der Waals surface area contributed by atoms with Crippen molar-refractivity contribution in [3.8, 4) is 0 Å². The maximum absolute atomic E-state index is 13.5. The van der Waals surface area contributed by atoms with Crippen LogP contribution in [0.5, 0.6) is 0 Å². The van der Waals surface area contributed by atoms with Gasteiger partial charge in [0.25, 0.3) is 0 Å². The summed E-state index contributed by atoms with van der Waals surface area (Å²) in [6, 6.07) is 8.10. The molecule has 4 aliphatic rings. The molecule has 4 nitrogen and oxygen atoms in total. The van der Waals surface area contributed by atoms with Crippen LogP contribution in [-0.4, -0.2) is 27.9 Å². The van der Waals surface area contributed by atoms with Crippen LogP contribution in [0.1, 0.15) is 56.8 Å². The van der Waals surface area contributed by atoms with Crippen LogP contribution in [0, 0.1) is 23.2 Å². The molecule has 1 heterocycles. The number of H-pyrrole nitrogens is 1. The SMILES string of the molecule is CSCC[C@@H](NC(=O)C12CC3CC(CC(C3)C1)C2)c1nc2ccccc2[nH]1. The fourth-order valence-corrected chi connectivity index (χ4v) is 6.82. The first-order chi connectivity index (χ1) is 13.1. The van der Waals surface area contributed by atoms with Gasteiger partial charge in [0.1, 0.15) is 5.82 Å². The predicted molar refractivity (Wildman–Crippen MR) is 111 cm³/mol.